The molecule has 6 nitrogen and oxygen atoms in total. The van der Waals surface area contributed by atoms with Crippen molar-refractivity contribution in [2.75, 3.05) is 0 Å². The minimum absolute atomic E-state index is 0.0275. The normalized spacial score (nSPS) is 14.5. The highest BCUT2D eigenvalue weighted by Gasteiger charge is 2.16. The number of nitrogens with zero attached hydrogens (tertiary/aromatic N) is 4. The third-order valence-electron chi connectivity index (χ3n) is 3.49. The van der Waals surface area contributed by atoms with Gasteiger partial charge in [0.05, 0.1) is 11.7 Å². The summed E-state index contributed by atoms with van der Waals surface area (Å²) in [6.07, 6.45) is 7.51. The van der Waals surface area contributed by atoms with E-state index in [1.165, 1.54) is 0 Å². The molecular weight excluding hydrogens is 240 g/mol. The van der Waals surface area contributed by atoms with Crippen LogP contribution in [-0.2, 0) is 13.5 Å². The Morgan fingerprint density at radius 1 is 1.42 bits per heavy atom. The smallest absolute Gasteiger partial charge is 0.127 e. The number of rotatable bonds is 6. The summed E-state index contributed by atoms with van der Waals surface area (Å²) in [6, 6.07) is 2.44. The van der Waals surface area contributed by atoms with Crippen molar-refractivity contribution in [3.63, 3.8) is 0 Å². The lowest BCUT2D eigenvalue weighted by Crippen LogP contribution is -2.31. The Morgan fingerprint density at radius 3 is 2.79 bits per heavy atom. The second kappa shape index (κ2) is 5.99. The summed E-state index contributed by atoms with van der Waals surface area (Å²) in [5.41, 5.74) is 3.83. The average Bonchev–Trinajstić information content (AvgIpc) is 3.04. The van der Waals surface area contributed by atoms with Crippen LogP contribution in [0.5, 0.6) is 0 Å². The van der Waals surface area contributed by atoms with Crippen LogP contribution in [0, 0.1) is 0 Å². The van der Waals surface area contributed by atoms with E-state index in [9.17, 15) is 0 Å². The number of imidazole rings is 1. The van der Waals surface area contributed by atoms with Gasteiger partial charge < -0.3 is 4.57 Å². The van der Waals surface area contributed by atoms with Gasteiger partial charge in [-0.2, -0.15) is 5.10 Å². The van der Waals surface area contributed by atoms with Crippen LogP contribution in [0.15, 0.2) is 24.7 Å². The molecule has 2 aromatic heterocycles. The van der Waals surface area contributed by atoms with Gasteiger partial charge in [-0.3, -0.25) is 10.5 Å². The van der Waals surface area contributed by atoms with Gasteiger partial charge in [0.2, 0.25) is 0 Å². The van der Waals surface area contributed by atoms with Crippen LogP contribution in [-0.4, -0.2) is 19.3 Å². The first-order valence-corrected chi connectivity index (χ1v) is 6.63. The maximum absolute atomic E-state index is 5.64. The summed E-state index contributed by atoms with van der Waals surface area (Å²) in [5.74, 6) is 6.55. The van der Waals surface area contributed by atoms with Crippen molar-refractivity contribution in [1.29, 1.82) is 0 Å². The summed E-state index contributed by atoms with van der Waals surface area (Å²) in [5, 5.41) is 4.59. The third kappa shape index (κ3) is 3.02. The summed E-state index contributed by atoms with van der Waals surface area (Å²) in [4.78, 5) is 4.33. The highest BCUT2D eigenvalue weighted by atomic mass is 15.3. The second-order valence-electron chi connectivity index (χ2n) is 4.86. The van der Waals surface area contributed by atoms with Crippen molar-refractivity contribution in [3.8, 4) is 0 Å². The zero-order valence-electron chi connectivity index (χ0n) is 11.7. The number of aromatic nitrogens is 4. The lowest BCUT2D eigenvalue weighted by Gasteiger charge is -2.14. The van der Waals surface area contributed by atoms with Gasteiger partial charge in [0.15, 0.2) is 0 Å². The Kier molecular flexibility index (Phi) is 4.34. The van der Waals surface area contributed by atoms with Crippen LogP contribution in [0.25, 0.3) is 0 Å². The van der Waals surface area contributed by atoms with Crippen molar-refractivity contribution in [3.05, 3.63) is 36.2 Å². The zero-order valence-corrected chi connectivity index (χ0v) is 11.7. The van der Waals surface area contributed by atoms with E-state index in [1.54, 1.807) is 6.20 Å². The molecule has 104 valence electrons. The Labute approximate surface area is 113 Å². The lowest BCUT2D eigenvalue weighted by molar-refractivity contribution is 0.461. The molecule has 0 aliphatic carbocycles. The van der Waals surface area contributed by atoms with E-state index >= 15 is 0 Å². The number of hydrazine groups is 1. The summed E-state index contributed by atoms with van der Waals surface area (Å²) < 4.78 is 3.97. The van der Waals surface area contributed by atoms with Gasteiger partial charge in [-0.1, -0.05) is 6.92 Å². The second-order valence-corrected chi connectivity index (χ2v) is 4.86. The van der Waals surface area contributed by atoms with E-state index < -0.39 is 0 Å². The van der Waals surface area contributed by atoms with Crippen LogP contribution >= 0.6 is 0 Å². The van der Waals surface area contributed by atoms with Gasteiger partial charge in [0.25, 0.3) is 0 Å². The predicted molar refractivity (Wildman–Crippen MR) is 74.2 cm³/mol. The Bertz CT molecular complexity index is 515. The van der Waals surface area contributed by atoms with Crippen LogP contribution in [0.1, 0.15) is 43.9 Å². The topological polar surface area (TPSA) is 73.7 Å². The molecule has 2 atom stereocenters. The molecule has 2 aromatic rings. The Morgan fingerprint density at radius 2 is 2.21 bits per heavy atom. The number of nitrogens with one attached hydrogen (secondary N) is 1. The molecule has 6 heteroatoms. The molecule has 0 spiro atoms. The fraction of sp³-hybridized carbons (Fsp3) is 0.538. The first-order chi connectivity index (χ1) is 9.15. The van der Waals surface area contributed by atoms with E-state index in [0.29, 0.717) is 6.04 Å². The summed E-state index contributed by atoms with van der Waals surface area (Å²) in [6.45, 7) is 4.32. The Balaban J connectivity index is 2.11. The molecule has 0 aliphatic rings. The molecule has 0 amide bonds. The summed E-state index contributed by atoms with van der Waals surface area (Å²) >= 11 is 0. The zero-order chi connectivity index (χ0) is 13.8. The predicted octanol–water partition coefficient (Wildman–Crippen LogP) is 1.33. The molecule has 0 fully saturated rings. The fourth-order valence-electron chi connectivity index (χ4n) is 2.07. The van der Waals surface area contributed by atoms with E-state index in [4.69, 9.17) is 5.84 Å². The van der Waals surface area contributed by atoms with Crippen LogP contribution in [0.4, 0.5) is 0 Å². The average molecular weight is 262 g/mol. The molecule has 0 radical (unpaired) electrons. The largest absolute Gasteiger partial charge is 0.337 e. The van der Waals surface area contributed by atoms with Gasteiger partial charge in [-0.05, 0) is 19.4 Å². The SMILES string of the molecule is CCC(C)n1ccc(CC(NN)c2nccn2C)n1. The molecule has 0 saturated heterocycles. The van der Waals surface area contributed by atoms with Crippen LogP contribution in [0.3, 0.4) is 0 Å². The summed E-state index contributed by atoms with van der Waals surface area (Å²) in [7, 11) is 1.96. The number of nitrogens with two attached hydrogens (primary N) is 1. The van der Waals surface area contributed by atoms with Crippen LogP contribution in [0.2, 0.25) is 0 Å². The van der Waals surface area contributed by atoms with Crippen molar-refractivity contribution in [2.45, 2.75) is 38.8 Å². The van der Waals surface area contributed by atoms with Gasteiger partial charge in [-0.15, -0.1) is 0 Å². The minimum Gasteiger partial charge on any atom is -0.337 e. The quantitative estimate of drug-likeness (QED) is 0.608. The number of hydrogen-bond acceptors (Lipinski definition) is 4. The maximum Gasteiger partial charge on any atom is 0.127 e. The van der Waals surface area contributed by atoms with Crippen molar-refractivity contribution >= 4 is 0 Å². The van der Waals surface area contributed by atoms with Gasteiger partial charge in [0.1, 0.15) is 5.82 Å². The van der Waals surface area contributed by atoms with E-state index in [-0.39, 0.29) is 6.04 Å². The van der Waals surface area contributed by atoms with Crippen molar-refractivity contribution < 1.29 is 0 Å². The minimum atomic E-state index is -0.0275. The Hall–Kier alpha value is -1.66. The number of aryl methyl sites for hydroxylation is 1. The van der Waals surface area contributed by atoms with E-state index in [2.05, 4.69) is 29.4 Å². The molecule has 0 bridgehead atoms. The third-order valence-corrected chi connectivity index (χ3v) is 3.49. The van der Waals surface area contributed by atoms with Crippen LogP contribution < -0.4 is 11.3 Å². The molecular formula is C13H22N6. The van der Waals surface area contributed by atoms with E-state index in [0.717, 1.165) is 24.4 Å². The molecule has 0 aliphatic heterocycles. The first kappa shape index (κ1) is 13.8. The van der Waals surface area contributed by atoms with Gasteiger partial charge >= 0.3 is 0 Å². The molecule has 0 saturated carbocycles. The van der Waals surface area contributed by atoms with Gasteiger partial charge in [-0.25, -0.2) is 10.4 Å². The molecule has 2 unspecified atom stereocenters. The van der Waals surface area contributed by atoms with E-state index in [1.807, 2.05) is 34.8 Å². The molecule has 2 heterocycles. The molecule has 0 aromatic carbocycles. The molecule has 3 N–H and O–H groups in total. The number of hydrogen-bond donors (Lipinski definition) is 2. The highest BCUT2D eigenvalue weighted by Crippen LogP contribution is 2.16. The first-order valence-electron chi connectivity index (χ1n) is 6.63. The monoisotopic (exact) mass is 262 g/mol. The lowest BCUT2D eigenvalue weighted by atomic mass is 10.1. The standard InChI is InChI=1S/C13H22N6/c1-4-10(2)19-7-5-11(17-19)9-12(16-14)13-15-6-8-18(13)3/h5-8,10,12,16H,4,9,14H2,1-3H3. The maximum atomic E-state index is 5.64. The molecule has 19 heavy (non-hydrogen) atoms. The van der Waals surface area contributed by atoms with Crippen molar-refractivity contribution in [1.82, 2.24) is 24.8 Å². The van der Waals surface area contributed by atoms with Crippen molar-refractivity contribution in [2.24, 2.45) is 12.9 Å². The fourth-order valence-corrected chi connectivity index (χ4v) is 2.07. The van der Waals surface area contributed by atoms with Gasteiger partial charge in [0, 0.05) is 38.1 Å². The molecule has 2 rings (SSSR count). The highest BCUT2D eigenvalue weighted by molar-refractivity contribution is 5.07.